The molecule has 130 heavy (non-hydrogen) atoms. The van der Waals surface area contributed by atoms with Gasteiger partial charge in [-0.3, -0.25) is 67.1 Å². The molecule has 41 nitrogen and oxygen atoms in total. The minimum Gasteiger partial charge on any atom is -0.469 e. The Morgan fingerprint density at radius 3 is 0.962 bits per heavy atom. The van der Waals surface area contributed by atoms with Crippen LogP contribution >= 0.6 is 0 Å². The van der Waals surface area contributed by atoms with Gasteiger partial charge in [0.2, 0.25) is 0 Å². The van der Waals surface area contributed by atoms with Crippen molar-refractivity contribution in [2.24, 2.45) is 0 Å². The van der Waals surface area contributed by atoms with E-state index in [0.717, 1.165) is 55.4 Å². The van der Waals surface area contributed by atoms with Crippen molar-refractivity contribution in [3.8, 4) is 0 Å². The Labute approximate surface area is 752 Å². The topological polar surface area (TPSA) is 518 Å². The lowest BCUT2D eigenvalue weighted by molar-refractivity contribution is -0.393. The number of Topliss-reactive ketones (excluding diaryl/α,β-unsaturated/α-hetero) is 1. The van der Waals surface area contributed by atoms with E-state index in [1.807, 2.05) is 0 Å². The zero-order valence-electron chi connectivity index (χ0n) is 75.4. The van der Waals surface area contributed by atoms with Gasteiger partial charge in [-0.1, -0.05) is 97.4 Å². The van der Waals surface area contributed by atoms with Gasteiger partial charge in [0.1, 0.15) is 48.5 Å². The number of carbonyl (C=O) groups is 15. The predicted octanol–water partition coefficient (Wildman–Crippen LogP) is 3.75. The molecule has 0 saturated carbocycles. The second-order valence-electron chi connectivity index (χ2n) is 31.4. The molecular weight excluding hydrogens is 1720 g/mol. The number of ether oxygens (including phenoxy) is 21. The maximum atomic E-state index is 15.2. The molecule has 4 heterocycles. The third-order valence-corrected chi connectivity index (χ3v) is 20.8. The highest BCUT2D eigenvalue weighted by molar-refractivity contribution is 5.86. The monoisotopic (exact) mass is 1840 g/mol. The van der Waals surface area contributed by atoms with E-state index in [0.29, 0.717) is 29.5 Å². The maximum Gasteiger partial charge on any atom is 0.306 e. The molecule has 4 amide bonds. The van der Waals surface area contributed by atoms with Gasteiger partial charge in [0.15, 0.2) is 55.7 Å². The summed E-state index contributed by atoms with van der Waals surface area (Å²) in [6.45, 7) is 12.9. The molecule has 0 radical (unpaired) electrons. The van der Waals surface area contributed by atoms with Crippen molar-refractivity contribution < 1.29 is 176 Å². The Balaban J connectivity index is 1.54. The number of esters is 10. The second-order valence-corrected chi connectivity index (χ2v) is 31.4. The molecule has 3 aromatic rings. The Morgan fingerprint density at radius 1 is 0.331 bits per heavy atom. The molecule has 41 heteroatoms. The largest absolute Gasteiger partial charge is 0.469 e. The van der Waals surface area contributed by atoms with Crippen molar-refractivity contribution in [1.82, 2.24) is 21.3 Å². The molecule has 24 atom stereocenters. The van der Waals surface area contributed by atoms with Crippen molar-refractivity contribution in [2.75, 3.05) is 40.1 Å². The number of nitrogens with one attached hydrogen (secondary N) is 4. The fourth-order valence-corrected chi connectivity index (χ4v) is 14.6. The number of rotatable bonds is 50. The summed E-state index contributed by atoms with van der Waals surface area (Å²) < 4.78 is 131. The van der Waals surface area contributed by atoms with E-state index in [1.54, 1.807) is 91.0 Å². The number of amides is 4. The number of aliphatic hydroxyl groups excluding tert-OH is 1. The zero-order chi connectivity index (χ0) is 95.3. The molecule has 0 spiro atoms. The standard InChI is InChI=1S/C89H122N4O37/c1-48(94)34-35-69(104)127-79-75(116-45-61-27-19-15-20-28-61)71(91-83(107)65(124-58(11)100)37-42-112-54(7)96)50(3)120-87(79)129-81-77(118-47-63-31-23-17-24-32-63)73(93-85(109)67(126-60(13)102)39-44-114-56(9)98)52(5)122-89(81)130-80-76(117-46-62-29-21-16-22-30-62)72(92-84(108)66(125-59(12)101)38-43-113-55(8)97)51(4)121-88(80)128-78-74(105)70(90-82(106)64(123-57(10)99)36-41-111-53(6)95)49(2)119-86(78)115-40-26-18-25-33-68(103)110-14/h15-17,19-24,27-32,49-52,64-67,70-81,86-89,105H,18,25-26,33-47H2,1-14H3,(H,90,106)(H,91,107)(H,92,108)(H,93,109)/t49-,50-,51-,52-,64-,65-,66-,67-,70-,71-,72-,73-,74+,75+,76+,77+,78+,79+,80+,81+,86+,87-,88-,89-/m1/s1. The molecule has 0 unspecified atom stereocenters. The number of carbonyl (C=O) groups excluding carboxylic acids is 15. The number of unbranched alkanes of at least 4 members (excludes halogenated alkanes) is 2. The van der Waals surface area contributed by atoms with E-state index in [-0.39, 0.29) is 58.5 Å². The third-order valence-electron chi connectivity index (χ3n) is 20.8. The van der Waals surface area contributed by atoms with Crippen LogP contribution in [0.5, 0.6) is 0 Å². The molecule has 0 aromatic heterocycles. The van der Waals surface area contributed by atoms with Crippen LogP contribution in [0.2, 0.25) is 0 Å². The molecule has 720 valence electrons. The number of benzene rings is 3. The van der Waals surface area contributed by atoms with Gasteiger partial charge in [0.05, 0.1) is 108 Å². The Hall–Kier alpha value is -10.6. The summed E-state index contributed by atoms with van der Waals surface area (Å²) in [4.78, 5) is 199. The molecule has 4 fully saturated rings. The third kappa shape index (κ3) is 35.3. The summed E-state index contributed by atoms with van der Waals surface area (Å²) in [5.41, 5.74) is 1.51. The van der Waals surface area contributed by atoms with Gasteiger partial charge >= 0.3 is 59.7 Å². The summed E-state index contributed by atoms with van der Waals surface area (Å²) in [6, 6.07) is 19.5. The molecule has 0 aliphatic carbocycles. The Bertz CT molecular complexity index is 4190. The van der Waals surface area contributed by atoms with Gasteiger partial charge < -0.3 is 131 Å². The van der Waals surface area contributed by atoms with Crippen LogP contribution in [0.15, 0.2) is 91.0 Å². The van der Waals surface area contributed by atoms with E-state index in [2.05, 4.69) is 21.3 Å². The van der Waals surface area contributed by atoms with Gasteiger partial charge in [-0.05, 0) is 64.2 Å². The smallest absolute Gasteiger partial charge is 0.306 e. The number of hydrogen-bond donors (Lipinski definition) is 5. The lowest BCUT2D eigenvalue weighted by Gasteiger charge is -2.52. The number of aliphatic hydroxyl groups is 1. The maximum absolute atomic E-state index is 15.2. The van der Waals surface area contributed by atoms with Gasteiger partial charge in [0, 0.05) is 101 Å². The second kappa shape index (κ2) is 54.3. The van der Waals surface area contributed by atoms with Crippen LogP contribution in [-0.4, -0.2) is 281 Å². The predicted molar refractivity (Wildman–Crippen MR) is 444 cm³/mol. The first-order chi connectivity index (χ1) is 61.9. The highest BCUT2D eigenvalue weighted by atomic mass is 16.8. The normalized spacial score (nSPS) is 26.2. The van der Waals surface area contributed by atoms with E-state index in [1.165, 1.54) is 41.7 Å². The lowest BCUT2D eigenvalue weighted by atomic mass is 9.93. The Morgan fingerprint density at radius 2 is 0.638 bits per heavy atom. The van der Waals surface area contributed by atoms with Crippen LogP contribution in [0.1, 0.15) is 171 Å². The summed E-state index contributed by atoms with van der Waals surface area (Å²) >= 11 is 0. The highest BCUT2D eigenvalue weighted by Gasteiger charge is 2.59. The summed E-state index contributed by atoms with van der Waals surface area (Å²) in [6.07, 6.45) is -36.3. The first-order valence-corrected chi connectivity index (χ1v) is 42.9. The van der Waals surface area contributed by atoms with Gasteiger partial charge in [-0.15, -0.1) is 0 Å². The van der Waals surface area contributed by atoms with E-state index < -0.39 is 282 Å². The summed E-state index contributed by atoms with van der Waals surface area (Å²) in [7, 11) is 1.25. The van der Waals surface area contributed by atoms with Crippen molar-refractivity contribution in [2.45, 2.75) is 321 Å². The molecule has 0 bridgehead atoms. The molecule has 7 rings (SSSR count). The summed E-state index contributed by atoms with van der Waals surface area (Å²) in [5, 5.41) is 24.6. The first kappa shape index (κ1) is 106. The average Bonchev–Trinajstić information content (AvgIpc) is 0.759. The molecule has 5 N–H and O–H groups in total. The first-order valence-electron chi connectivity index (χ1n) is 42.9. The van der Waals surface area contributed by atoms with E-state index in [4.69, 9.17) is 99.5 Å². The van der Waals surface area contributed by atoms with Crippen molar-refractivity contribution in [3.63, 3.8) is 0 Å². The quantitative estimate of drug-likeness (QED) is 0.0305. The molecule has 4 saturated heterocycles. The van der Waals surface area contributed by atoms with Crippen molar-refractivity contribution in [1.29, 1.82) is 0 Å². The minimum atomic E-state index is -2.11. The highest BCUT2D eigenvalue weighted by Crippen LogP contribution is 2.40. The average molecular weight is 1840 g/mol. The van der Waals surface area contributed by atoms with Crippen molar-refractivity contribution >= 4 is 89.1 Å². The minimum absolute atomic E-state index is 0.0521. The lowest BCUT2D eigenvalue weighted by Crippen LogP contribution is -2.71. The molecular formula is C89H122N4O37. The Kier molecular flexibility index (Phi) is 44.5. The zero-order valence-corrected chi connectivity index (χ0v) is 75.4. The van der Waals surface area contributed by atoms with Crippen LogP contribution < -0.4 is 21.3 Å². The number of methoxy groups -OCH3 is 1. The van der Waals surface area contributed by atoms with Gasteiger partial charge in [-0.25, -0.2) is 0 Å². The van der Waals surface area contributed by atoms with Crippen LogP contribution in [-0.2, 0) is 191 Å². The van der Waals surface area contributed by atoms with E-state index >= 15 is 9.59 Å². The number of ketones is 1. The van der Waals surface area contributed by atoms with Gasteiger partial charge in [0.25, 0.3) is 23.6 Å². The molecule has 4 aliphatic heterocycles. The van der Waals surface area contributed by atoms with Crippen molar-refractivity contribution in [3.05, 3.63) is 108 Å². The van der Waals surface area contributed by atoms with Gasteiger partial charge in [-0.2, -0.15) is 0 Å². The van der Waals surface area contributed by atoms with Crippen LogP contribution in [0, 0.1) is 0 Å². The van der Waals surface area contributed by atoms with E-state index in [9.17, 15) is 67.4 Å². The van der Waals surface area contributed by atoms with Crippen LogP contribution in [0.3, 0.4) is 0 Å². The fraction of sp³-hybridized carbons (Fsp3) is 0.629. The SMILES string of the molecule is COC(=O)CCCCCO[C@H]1O[C@H](C)[C@@H](NC(=O)[C@@H](CCOC(C)=O)OC(C)=O)[C@H](O)[C@@H]1O[C@H]1O[C@H](C)[C@@H](NC(=O)[C@@H](CCOC(C)=O)OC(C)=O)[C@H](OCc2ccccc2)[C@@H]1O[C@H]1O[C@H](C)[C@@H](NC(=O)[C@@H](CCOC(C)=O)OC(C)=O)[C@H](OCc2ccccc2)[C@@H]1O[C@H]1O[C@H](C)[C@@H](NC(=O)[C@@H](CCOC(C)=O)OC(C)=O)[C@H](OCc2ccccc2)[C@@H]1OC(=O)CCC(C)=O. The van der Waals surface area contributed by atoms with Crippen LogP contribution in [0.4, 0.5) is 0 Å². The summed E-state index contributed by atoms with van der Waals surface area (Å²) in [5.74, 6) is -12.6. The molecule has 3 aromatic carbocycles. The fourth-order valence-electron chi connectivity index (χ4n) is 14.6. The van der Waals surface area contributed by atoms with Crippen LogP contribution in [0.25, 0.3) is 0 Å². The number of hydrogen-bond acceptors (Lipinski definition) is 37. The molecule has 4 aliphatic rings.